The third-order valence-corrected chi connectivity index (χ3v) is 3.31. The molecule has 0 spiro atoms. The molecule has 0 heterocycles. The minimum Gasteiger partial charge on any atom is -0.478 e. The van der Waals surface area contributed by atoms with Crippen LogP contribution in [0.4, 0.5) is 5.69 Å². The fourth-order valence-electron chi connectivity index (χ4n) is 2.32. The summed E-state index contributed by atoms with van der Waals surface area (Å²) in [5, 5.41) is 8.66. The van der Waals surface area contributed by atoms with Crippen LogP contribution in [0.5, 0.6) is 0 Å². The SMILES string of the molecule is Cc1cc(C=CC(=O)O)ccc1N(C)Cc1ccccc1. The van der Waals surface area contributed by atoms with Crippen LogP contribution >= 0.6 is 0 Å². The van der Waals surface area contributed by atoms with E-state index in [0.717, 1.165) is 29.4 Å². The highest BCUT2D eigenvalue weighted by atomic mass is 16.4. The van der Waals surface area contributed by atoms with Gasteiger partial charge in [-0.25, -0.2) is 4.79 Å². The highest BCUT2D eigenvalue weighted by Crippen LogP contribution is 2.22. The van der Waals surface area contributed by atoms with Crippen LogP contribution in [-0.2, 0) is 11.3 Å². The largest absolute Gasteiger partial charge is 0.478 e. The molecule has 3 heteroatoms. The van der Waals surface area contributed by atoms with Gasteiger partial charge in [-0.3, -0.25) is 0 Å². The van der Waals surface area contributed by atoms with Gasteiger partial charge in [0.2, 0.25) is 0 Å². The van der Waals surface area contributed by atoms with Crippen LogP contribution in [0.2, 0.25) is 0 Å². The zero-order valence-electron chi connectivity index (χ0n) is 12.3. The van der Waals surface area contributed by atoms with Gasteiger partial charge in [0.25, 0.3) is 0 Å². The van der Waals surface area contributed by atoms with Gasteiger partial charge < -0.3 is 10.0 Å². The van der Waals surface area contributed by atoms with Gasteiger partial charge in [0, 0.05) is 25.4 Å². The molecule has 2 aromatic rings. The van der Waals surface area contributed by atoms with Gasteiger partial charge in [-0.05, 0) is 41.8 Å². The lowest BCUT2D eigenvalue weighted by Crippen LogP contribution is -2.17. The molecule has 0 fully saturated rings. The number of hydrogen-bond acceptors (Lipinski definition) is 2. The smallest absolute Gasteiger partial charge is 0.328 e. The number of aliphatic carboxylic acids is 1. The topological polar surface area (TPSA) is 40.5 Å². The monoisotopic (exact) mass is 281 g/mol. The molecule has 0 bridgehead atoms. The highest BCUT2D eigenvalue weighted by molar-refractivity contribution is 5.85. The van der Waals surface area contributed by atoms with Crippen molar-refractivity contribution in [3.63, 3.8) is 0 Å². The van der Waals surface area contributed by atoms with E-state index in [1.54, 1.807) is 6.08 Å². The normalized spacial score (nSPS) is 10.8. The Kier molecular flexibility index (Phi) is 4.77. The molecule has 0 atom stereocenters. The Morgan fingerprint density at radius 2 is 1.90 bits per heavy atom. The van der Waals surface area contributed by atoms with Gasteiger partial charge in [-0.15, -0.1) is 0 Å². The molecule has 2 aromatic carbocycles. The molecule has 0 aliphatic carbocycles. The van der Waals surface area contributed by atoms with Crippen LogP contribution in [0.25, 0.3) is 6.08 Å². The minimum absolute atomic E-state index is 0.839. The molecule has 1 N–H and O–H groups in total. The van der Waals surface area contributed by atoms with E-state index in [1.807, 2.05) is 43.3 Å². The summed E-state index contributed by atoms with van der Waals surface area (Å²) >= 11 is 0. The molecule has 0 saturated heterocycles. The van der Waals surface area contributed by atoms with Crippen LogP contribution in [0.15, 0.2) is 54.6 Å². The van der Waals surface area contributed by atoms with Crippen molar-refractivity contribution in [1.29, 1.82) is 0 Å². The second kappa shape index (κ2) is 6.75. The first kappa shape index (κ1) is 14.9. The Labute approximate surface area is 125 Å². The molecule has 108 valence electrons. The summed E-state index contributed by atoms with van der Waals surface area (Å²) < 4.78 is 0. The van der Waals surface area contributed by atoms with E-state index >= 15 is 0 Å². The van der Waals surface area contributed by atoms with Crippen LogP contribution in [0.3, 0.4) is 0 Å². The van der Waals surface area contributed by atoms with E-state index in [0.29, 0.717) is 0 Å². The number of benzene rings is 2. The van der Waals surface area contributed by atoms with Crippen molar-refractivity contribution in [1.82, 2.24) is 0 Å². The van der Waals surface area contributed by atoms with Gasteiger partial charge in [0.1, 0.15) is 0 Å². The summed E-state index contributed by atoms with van der Waals surface area (Å²) in [5.41, 5.74) is 4.42. The average Bonchev–Trinajstić information content (AvgIpc) is 2.46. The first-order valence-electron chi connectivity index (χ1n) is 6.83. The molecular weight excluding hydrogens is 262 g/mol. The number of carboxylic acids is 1. The molecule has 0 saturated carbocycles. The second-order valence-electron chi connectivity index (χ2n) is 5.06. The summed E-state index contributed by atoms with van der Waals surface area (Å²) in [7, 11) is 2.06. The van der Waals surface area contributed by atoms with Crippen LogP contribution < -0.4 is 4.90 Å². The summed E-state index contributed by atoms with van der Waals surface area (Å²) in [4.78, 5) is 12.7. The van der Waals surface area contributed by atoms with Crippen molar-refractivity contribution in [3.8, 4) is 0 Å². The van der Waals surface area contributed by atoms with Crippen molar-refractivity contribution >= 4 is 17.7 Å². The second-order valence-corrected chi connectivity index (χ2v) is 5.06. The molecule has 21 heavy (non-hydrogen) atoms. The number of carbonyl (C=O) groups is 1. The maximum atomic E-state index is 10.5. The Bertz CT molecular complexity index is 648. The van der Waals surface area contributed by atoms with E-state index in [1.165, 1.54) is 5.56 Å². The van der Waals surface area contributed by atoms with Crippen molar-refractivity contribution in [3.05, 3.63) is 71.3 Å². The molecule has 3 nitrogen and oxygen atoms in total. The third kappa shape index (κ3) is 4.21. The molecule has 0 aliphatic heterocycles. The Balaban J connectivity index is 2.15. The van der Waals surface area contributed by atoms with Gasteiger partial charge in [0.15, 0.2) is 0 Å². The number of anilines is 1. The summed E-state index contributed by atoms with van der Waals surface area (Å²) in [6.07, 6.45) is 2.76. The van der Waals surface area contributed by atoms with E-state index in [-0.39, 0.29) is 0 Å². The molecule has 0 unspecified atom stereocenters. The molecule has 0 aromatic heterocycles. The summed E-state index contributed by atoms with van der Waals surface area (Å²) in [6.45, 7) is 2.88. The fraction of sp³-hybridized carbons (Fsp3) is 0.167. The molecular formula is C18H19NO2. The van der Waals surface area contributed by atoms with E-state index in [4.69, 9.17) is 5.11 Å². The van der Waals surface area contributed by atoms with E-state index < -0.39 is 5.97 Å². The number of nitrogens with zero attached hydrogens (tertiary/aromatic N) is 1. The number of hydrogen-bond donors (Lipinski definition) is 1. The molecule has 0 amide bonds. The minimum atomic E-state index is -0.932. The van der Waals surface area contributed by atoms with Gasteiger partial charge in [0.05, 0.1) is 0 Å². The average molecular weight is 281 g/mol. The maximum Gasteiger partial charge on any atom is 0.328 e. The number of carboxylic acid groups (broad SMARTS) is 1. The lowest BCUT2D eigenvalue weighted by Gasteiger charge is -2.22. The summed E-state index contributed by atoms with van der Waals surface area (Å²) in [5.74, 6) is -0.932. The third-order valence-electron chi connectivity index (χ3n) is 3.31. The van der Waals surface area contributed by atoms with Crippen LogP contribution in [0, 0.1) is 6.92 Å². The predicted octanol–water partition coefficient (Wildman–Crippen LogP) is 3.73. The van der Waals surface area contributed by atoms with Crippen molar-refractivity contribution in [2.45, 2.75) is 13.5 Å². The first-order valence-corrected chi connectivity index (χ1v) is 6.83. The standard InChI is InChI=1S/C18H19NO2/c1-14-12-15(9-11-18(20)21)8-10-17(14)19(2)13-16-6-4-3-5-7-16/h3-12H,13H2,1-2H3,(H,20,21). The Morgan fingerprint density at radius 3 is 2.52 bits per heavy atom. The zero-order chi connectivity index (χ0) is 15.2. The Morgan fingerprint density at radius 1 is 1.19 bits per heavy atom. The van der Waals surface area contributed by atoms with Crippen LogP contribution in [0.1, 0.15) is 16.7 Å². The van der Waals surface area contributed by atoms with Crippen molar-refractivity contribution in [2.75, 3.05) is 11.9 Å². The number of rotatable bonds is 5. The van der Waals surface area contributed by atoms with Gasteiger partial charge in [-0.2, -0.15) is 0 Å². The molecule has 0 radical (unpaired) electrons. The van der Waals surface area contributed by atoms with Crippen molar-refractivity contribution in [2.24, 2.45) is 0 Å². The van der Waals surface area contributed by atoms with Gasteiger partial charge >= 0.3 is 5.97 Å². The first-order chi connectivity index (χ1) is 10.1. The molecule has 2 rings (SSSR count). The predicted molar refractivity (Wildman–Crippen MR) is 86.4 cm³/mol. The van der Waals surface area contributed by atoms with Crippen molar-refractivity contribution < 1.29 is 9.90 Å². The highest BCUT2D eigenvalue weighted by Gasteiger charge is 2.05. The fourth-order valence-corrected chi connectivity index (χ4v) is 2.32. The number of aryl methyl sites for hydroxylation is 1. The molecule has 0 aliphatic rings. The zero-order valence-corrected chi connectivity index (χ0v) is 12.3. The maximum absolute atomic E-state index is 10.5. The Hall–Kier alpha value is -2.55. The summed E-state index contributed by atoms with van der Waals surface area (Å²) in [6, 6.07) is 16.3. The van der Waals surface area contributed by atoms with Crippen LogP contribution in [-0.4, -0.2) is 18.1 Å². The van der Waals surface area contributed by atoms with Gasteiger partial charge in [-0.1, -0.05) is 36.4 Å². The van der Waals surface area contributed by atoms with E-state index in [2.05, 4.69) is 24.1 Å². The lowest BCUT2D eigenvalue weighted by atomic mass is 10.1. The van der Waals surface area contributed by atoms with E-state index in [9.17, 15) is 4.79 Å². The lowest BCUT2D eigenvalue weighted by molar-refractivity contribution is -0.131. The quantitative estimate of drug-likeness (QED) is 0.849.